The first-order valence-corrected chi connectivity index (χ1v) is 6.86. The van der Waals surface area contributed by atoms with Crippen molar-refractivity contribution in [1.29, 1.82) is 0 Å². The van der Waals surface area contributed by atoms with Gasteiger partial charge < -0.3 is 15.7 Å². The van der Waals surface area contributed by atoms with Crippen LogP contribution in [0.2, 0.25) is 0 Å². The molecule has 0 heterocycles. The topological polar surface area (TPSA) is 78.4 Å². The van der Waals surface area contributed by atoms with Crippen LogP contribution in [0, 0.1) is 11.3 Å². The molecular weight excluding hydrogens is 244 g/mol. The molecule has 0 rings (SSSR count). The third kappa shape index (κ3) is 7.03. The minimum absolute atomic E-state index is 0.0740. The second-order valence-corrected chi connectivity index (χ2v) is 6.39. The van der Waals surface area contributed by atoms with Crippen LogP contribution < -0.4 is 10.6 Å². The Bertz CT molecular complexity index is 308. The van der Waals surface area contributed by atoms with Gasteiger partial charge in [-0.25, -0.2) is 4.79 Å². The van der Waals surface area contributed by atoms with Crippen LogP contribution in [0.1, 0.15) is 54.4 Å². The molecule has 5 heteroatoms. The van der Waals surface area contributed by atoms with E-state index in [0.717, 1.165) is 6.42 Å². The zero-order valence-corrected chi connectivity index (χ0v) is 12.9. The standard InChI is InChI=1S/C14H28N2O3/c1-7-10(9(2)3)15-13(19)16-11(8-12(17)18)14(4,5)6/h9-11H,7-8H2,1-6H3,(H,17,18)(H2,15,16,19). The highest BCUT2D eigenvalue weighted by Gasteiger charge is 2.29. The van der Waals surface area contributed by atoms with E-state index in [0.29, 0.717) is 5.92 Å². The molecular formula is C14H28N2O3. The van der Waals surface area contributed by atoms with E-state index in [1.807, 2.05) is 41.5 Å². The average Bonchev–Trinajstić information content (AvgIpc) is 2.22. The fourth-order valence-electron chi connectivity index (χ4n) is 1.86. The van der Waals surface area contributed by atoms with Crippen LogP contribution in [-0.4, -0.2) is 29.2 Å². The van der Waals surface area contributed by atoms with Crippen molar-refractivity contribution >= 4 is 12.0 Å². The summed E-state index contributed by atoms with van der Waals surface area (Å²) in [5.41, 5.74) is -0.296. The molecule has 112 valence electrons. The molecule has 2 amide bonds. The predicted molar refractivity (Wildman–Crippen MR) is 76.1 cm³/mol. The zero-order chi connectivity index (χ0) is 15.2. The second-order valence-electron chi connectivity index (χ2n) is 6.39. The summed E-state index contributed by atoms with van der Waals surface area (Å²) < 4.78 is 0. The summed E-state index contributed by atoms with van der Waals surface area (Å²) in [7, 11) is 0. The first-order chi connectivity index (χ1) is 8.57. The lowest BCUT2D eigenvalue weighted by Gasteiger charge is -2.31. The smallest absolute Gasteiger partial charge is 0.315 e. The number of aliphatic carboxylic acids is 1. The van der Waals surface area contributed by atoms with Gasteiger partial charge in [0.1, 0.15) is 0 Å². The number of rotatable bonds is 6. The molecule has 2 atom stereocenters. The lowest BCUT2D eigenvalue weighted by atomic mass is 9.85. The van der Waals surface area contributed by atoms with Gasteiger partial charge in [0.25, 0.3) is 0 Å². The maximum absolute atomic E-state index is 11.9. The van der Waals surface area contributed by atoms with E-state index >= 15 is 0 Å². The Balaban J connectivity index is 4.59. The number of amides is 2. The van der Waals surface area contributed by atoms with Gasteiger partial charge >= 0.3 is 12.0 Å². The average molecular weight is 272 g/mol. The van der Waals surface area contributed by atoms with Crippen molar-refractivity contribution in [3.05, 3.63) is 0 Å². The fraction of sp³-hybridized carbons (Fsp3) is 0.857. The maximum Gasteiger partial charge on any atom is 0.315 e. The molecule has 0 aliphatic carbocycles. The van der Waals surface area contributed by atoms with Gasteiger partial charge in [-0.15, -0.1) is 0 Å². The molecule has 0 aromatic heterocycles. The van der Waals surface area contributed by atoms with E-state index in [9.17, 15) is 9.59 Å². The van der Waals surface area contributed by atoms with E-state index in [4.69, 9.17) is 5.11 Å². The number of carbonyl (C=O) groups is 2. The molecule has 0 bridgehead atoms. The Morgan fingerprint density at radius 3 is 2.00 bits per heavy atom. The normalized spacial score (nSPS) is 14.9. The third-order valence-corrected chi connectivity index (χ3v) is 3.29. The molecule has 3 N–H and O–H groups in total. The number of hydrogen-bond donors (Lipinski definition) is 3. The monoisotopic (exact) mass is 272 g/mol. The Morgan fingerprint density at radius 2 is 1.68 bits per heavy atom. The molecule has 0 saturated heterocycles. The SMILES string of the molecule is CCC(NC(=O)NC(CC(=O)O)C(C)(C)C)C(C)C. The highest BCUT2D eigenvalue weighted by atomic mass is 16.4. The lowest BCUT2D eigenvalue weighted by Crippen LogP contribution is -2.52. The van der Waals surface area contributed by atoms with Crippen molar-refractivity contribution in [2.45, 2.75) is 66.5 Å². The molecule has 0 spiro atoms. The zero-order valence-electron chi connectivity index (χ0n) is 12.9. The summed E-state index contributed by atoms with van der Waals surface area (Å²) in [5, 5.41) is 14.6. The third-order valence-electron chi connectivity index (χ3n) is 3.29. The Morgan fingerprint density at radius 1 is 1.16 bits per heavy atom. The van der Waals surface area contributed by atoms with Gasteiger partial charge in [0.2, 0.25) is 0 Å². The number of carboxylic acid groups (broad SMARTS) is 1. The molecule has 0 aromatic carbocycles. The summed E-state index contributed by atoms with van der Waals surface area (Å²) in [6.45, 7) is 11.9. The fourth-order valence-corrected chi connectivity index (χ4v) is 1.86. The molecule has 0 aliphatic rings. The molecule has 2 unspecified atom stereocenters. The van der Waals surface area contributed by atoms with E-state index < -0.39 is 12.0 Å². The minimum atomic E-state index is -0.906. The van der Waals surface area contributed by atoms with Crippen molar-refractivity contribution < 1.29 is 14.7 Å². The van der Waals surface area contributed by atoms with E-state index in [1.165, 1.54) is 0 Å². The highest BCUT2D eigenvalue weighted by Crippen LogP contribution is 2.21. The Labute approximate surface area is 116 Å². The van der Waals surface area contributed by atoms with Gasteiger partial charge in [0.05, 0.1) is 6.42 Å². The molecule has 0 aromatic rings. The van der Waals surface area contributed by atoms with E-state index in [-0.39, 0.29) is 23.9 Å². The van der Waals surface area contributed by atoms with Gasteiger partial charge in [0, 0.05) is 12.1 Å². The van der Waals surface area contributed by atoms with E-state index in [1.54, 1.807) is 0 Å². The van der Waals surface area contributed by atoms with Crippen LogP contribution in [0.3, 0.4) is 0 Å². The maximum atomic E-state index is 11.9. The molecule has 0 saturated carbocycles. The molecule has 19 heavy (non-hydrogen) atoms. The summed E-state index contributed by atoms with van der Waals surface area (Å²) in [6.07, 6.45) is 0.777. The van der Waals surface area contributed by atoms with Crippen molar-refractivity contribution in [3.8, 4) is 0 Å². The van der Waals surface area contributed by atoms with Crippen LogP contribution in [-0.2, 0) is 4.79 Å². The lowest BCUT2D eigenvalue weighted by molar-refractivity contribution is -0.138. The quantitative estimate of drug-likeness (QED) is 0.695. The molecule has 5 nitrogen and oxygen atoms in total. The number of carboxylic acids is 1. The van der Waals surface area contributed by atoms with Crippen LogP contribution in [0.15, 0.2) is 0 Å². The van der Waals surface area contributed by atoms with Gasteiger partial charge in [-0.1, -0.05) is 41.5 Å². The highest BCUT2D eigenvalue weighted by molar-refractivity contribution is 5.76. The largest absolute Gasteiger partial charge is 0.481 e. The van der Waals surface area contributed by atoms with Gasteiger partial charge in [-0.2, -0.15) is 0 Å². The molecule has 0 fully saturated rings. The number of nitrogens with one attached hydrogen (secondary N) is 2. The van der Waals surface area contributed by atoms with Crippen LogP contribution in [0.25, 0.3) is 0 Å². The number of urea groups is 1. The number of hydrogen-bond acceptors (Lipinski definition) is 2. The van der Waals surface area contributed by atoms with Crippen LogP contribution >= 0.6 is 0 Å². The van der Waals surface area contributed by atoms with Crippen molar-refractivity contribution in [3.63, 3.8) is 0 Å². The molecule has 0 radical (unpaired) electrons. The van der Waals surface area contributed by atoms with E-state index in [2.05, 4.69) is 10.6 Å². The van der Waals surface area contributed by atoms with Crippen LogP contribution in [0.5, 0.6) is 0 Å². The van der Waals surface area contributed by atoms with Gasteiger partial charge in [-0.3, -0.25) is 4.79 Å². The molecule has 0 aliphatic heterocycles. The summed E-state index contributed by atoms with van der Waals surface area (Å²) >= 11 is 0. The van der Waals surface area contributed by atoms with Gasteiger partial charge in [0.15, 0.2) is 0 Å². The van der Waals surface area contributed by atoms with Crippen molar-refractivity contribution in [2.24, 2.45) is 11.3 Å². The van der Waals surface area contributed by atoms with Crippen molar-refractivity contribution in [1.82, 2.24) is 10.6 Å². The minimum Gasteiger partial charge on any atom is -0.481 e. The Kier molecular flexibility index (Phi) is 6.87. The second kappa shape index (κ2) is 7.36. The first kappa shape index (κ1) is 17.7. The Hall–Kier alpha value is -1.26. The van der Waals surface area contributed by atoms with Crippen molar-refractivity contribution in [2.75, 3.05) is 0 Å². The number of carbonyl (C=O) groups excluding carboxylic acids is 1. The summed E-state index contributed by atoms with van der Waals surface area (Å²) in [5.74, 6) is -0.556. The summed E-state index contributed by atoms with van der Waals surface area (Å²) in [4.78, 5) is 22.8. The predicted octanol–water partition coefficient (Wildman–Crippen LogP) is 2.61. The van der Waals surface area contributed by atoms with Crippen LogP contribution in [0.4, 0.5) is 4.79 Å². The summed E-state index contributed by atoms with van der Waals surface area (Å²) in [6, 6.07) is -0.582. The first-order valence-electron chi connectivity index (χ1n) is 6.86. The van der Waals surface area contributed by atoms with Gasteiger partial charge in [-0.05, 0) is 17.8 Å².